The predicted octanol–water partition coefficient (Wildman–Crippen LogP) is 4.75. The molecule has 2 amide bonds. The van der Waals surface area contributed by atoms with Crippen LogP contribution in [0.4, 0.5) is 5.82 Å². The van der Waals surface area contributed by atoms with Crippen LogP contribution >= 0.6 is 34.8 Å². The van der Waals surface area contributed by atoms with Gasteiger partial charge in [0.15, 0.2) is 0 Å². The van der Waals surface area contributed by atoms with E-state index in [0.29, 0.717) is 11.3 Å². The molecular weight excluding hydrogens is 491 g/mol. The molecule has 0 radical (unpaired) electrons. The summed E-state index contributed by atoms with van der Waals surface area (Å²) >= 11 is 18.8. The van der Waals surface area contributed by atoms with Gasteiger partial charge in [0.05, 0.1) is 11.4 Å². The molecule has 3 N–H and O–H groups in total. The van der Waals surface area contributed by atoms with E-state index in [9.17, 15) is 9.59 Å². The first-order chi connectivity index (χ1) is 15.3. The van der Waals surface area contributed by atoms with Crippen LogP contribution in [0.2, 0.25) is 5.15 Å². The van der Waals surface area contributed by atoms with Gasteiger partial charge >= 0.3 is 0 Å². The Morgan fingerprint density at radius 1 is 1.15 bits per heavy atom. The van der Waals surface area contributed by atoms with Gasteiger partial charge in [0, 0.05) is 23.2 Å². The van der Waals surface area contributed by atoms with Crippen LogP contribution in [0, 0.1) is 20.8 Å². The van der Waals surface area contributed by atoms with Gasteiger partial charge in [-0.2, -0.15) is 5.10 Å². The summed E-state index contributed by atoms with van der Waals surface area (Å²) in [5.41, 5.74) is 2.20. The van der Waals surface area contributed by atoms with Gasteiger partial charge in [0.2, 0.25) is 0 Å². The summed E-state index contributed by atoms with van der Waals surface area (Å²) in [5, 5.41) is 16.3. The Labute approximate surface area is 205 Å². The van der Waals surface area contributed by atoms with E-state index in [-0.39, 0.29) is 23.0 Å². The topological polar surface area (TPSA) is 126 Å². The number of rotatable bonds is 7. The SMILES string of the molecule is Cc1nocc1C(=O)N[C@@](C)(CC(C)(Cl)Cl)C(=O)Nc1ccc(-c2c(C)n[nH]c2C)c(Cl)n1. The Hall–Kier alpha value is -2.62. The van der Waals surface area contributed by atoms with Crippen molar-refractivity contribution in [3.05, 3.63) is 46.2 Å². The fraction of sp³-hybridized carbons (Fsp3) is 0.381. The second-order valence-corrected chi connectivity index (χ2v) is 10.4. The van der Waals surface area contributed by atoms with Crippen molar-refractivity contribution >= 4 is 52.4 Å². The largest absolute Gasteiger partial charge is 0.364 e. The zero-order valence-electron chi connectivity index (χ0n) is 18.6. The second kappa shape index (κ2) is 9.32. The van der Waals surface area contributed by atoms with Crippen molar-refractivity contribution in [3.63, 3.8) is 0 Å². The molecule has 9 nitrogen and oxygen atoms in total. The molecule has 0 spiro atoms. The number of carbonyl (C=O) groups is 2. The molecule has 0 aliphatic carbocycles. The number of pyridine rings is 1. The van der Waals surface area contributed by atoms with Gasteiger partial charge in [-0.3, -0.25) is 14.7 Å². The summed E-state index contributed by atoms with van der Waals surface area (Å²) < 4.78 is 3.50. The number of hydrogen-bond acceptors (Lipinski definition) is 6. The van der Waals surface area contributed by atoms with Crippen molar-refractivity contribution < 1.29 is 14.1 Å². The fourth-order valence-corrected chi connectivity index (χ4v) is 4.31. The first kappa shape index (κ1) is 25.0. The molecule has 3 aromatic rings. The van der Waals surface area contributed by atoms with Crippen LogP contribution < -0.4 is 10.6 Å². The Morgan fingerprint density at radius 3 is 2.36 bits per heavy atom. The van der Waals surface area contributed by atoms with E-state index in [2.05, 4.69) is 31.0 Å². The molecule has 1 atom stereocenters. The summed E-state index contributed by atoms with van der Waals surface area (Å²) in [7, 11) is 0. The Balaban J connectivity index is 1.87. The minimum atomic E-state index is -1.50. The van der Waals surface area contributed by atoms with E-state index in [1.165, 1.54) is 20.1 Å². The van der Waals surface area contributed by atoms with Crippen LogP contribution in [0.15, 0.2) is 22.9 Å². The number of amides is 2. The number of alkyl halides is 2. The summed E-state index contributed by atoms with van der Waals surface area (Å²) in [4.78, 5) is 30.3. The van der Waals surface area contributed by atoms with Gasteiger partial charge in [-0.05, 0) is 46.8 Å². The van der Waals surface area contributed by atoms with E-state index in [1.54, 1.807) is 19.1 Å². The summed E-state index contributed by atoms with van der Waals surface area (Å²) in [6, 6.07) is 3.34. The highest BCUT2D eigenvalue weighted by atomic mass is 35.5. The average Bonchev–Trinajstić information content (AvgIpc) is 3.26. The lowest BCUT2D eigenvalue weighted by molar-refractivity contribution is -0.121. The molecule has 176 valence electrons. The third-order valence-electron chi connectivity index (χ3n) is 5.04. The number of carbonyl (C=O) groups excluding carboxylic acids is 2. The molecule has 12 heteroatoms. The maximum atomic E-state index is 13.3. The fourth-order valence-electron chi connectivity index (χ4n) is 3.52. The van der Waals surface area contributed by atoms with Crippen LogP contribution in [0.1, 0.15) is 47.7 Å². The van der Waals surface area contributed by atoms with Gasteiger partial charge in [0.1, 0.15) is 32.7 Å². The van der Waals surface area contributed by atoms with Crippen LogP contribution in [0.5, 0.6) is 0 Å². The van der Waals surface area contributed by atoms with Gasteiger partial charge < -0.3 is 15.2 Å². The predicted molar refractivity (Wildman–Crippen MR) is 127 cm³/mol. The summed E-state index contributed by atoms with van der Waals surface area (Å²) in [5.74, 6) is -0.944. The highest BCUT2D eigenvalue weighted by Gasteiger charge is 2.41. The van der Waals surface area contributed by atoms with Crippen molar-refractivity contribution in [1.82, 2.24) is 25.7 Å². The maximum absolute atomic E-state index is 13.3. The van der Waals surface area contributed by atoms with E-state index in [0.717, 1.165) is 17.0 Å². The minimum Gasteiger partial charge on any atom is -0.364 e. The van der Waals surface area contributed by atoms with Gasteiger partial charge in [-0.1, -0.05) is 16.8 Å². The first-order valence-corrected chi connectivity index (χ1v) is 11.1. The van der Waals surface area contributed by atoms with Crippen LogP contribution in [0.3, 0.4) is 0 Å². The number of aryl methyl sites for hydroxylation is 3. The molecule has 0 bridgehead atoms. The molecule has 0 aromatic carbocycles. The molecule has 3 heterocycles. The van der Waals surface area contributed by atoms with Crippen LogP contribution in [0.25, 0.3) is 11.1 Å². The molecule has 0 fully saturated rings. The molecule has 3 aromatic heterocycles. The van der Waals surface area contributed by atoms with E-state index in [1.807, 2.05) is 13.8 Å². The van der Waals surface area contributed by atoms with E-state index >= 15 is 0 Å². The highest BCUT2D eigenvalue weighted by Crippen LogP contribution is 2.33. The molecule has 0 unspecified atom stereocenters. The van der Waals surface area contributed by atoms with Crippen molar-refractivity contribution in [2.45, 2.75) is 50.9 Å². The lowest BCUT2D eigenvalue weighted by Crippen LogP contribution is -2.56. The molecule has 33 heavy (non-hydrogen) atoms. The van der Waals surface area contributed by atoms with E-state index < -0.39 is 21.7 Å². The van der Waals surface area contributed by atoms with Crippen LogP contribution in [-0.2, 0) is 4.79 Å². The van der Waals surface area contributed by atoms with E-state index in [4.69, 9.17) is 39.3 Å². The Morgan fingerprint density at radius 2 is 1.85 bits per heavy atom. The minimum absolute atomic E-state index is 0.0930. The monoisotopic (exact) mass is 512 g/mol. The molecule has 0 saturated heterocycles. The number of aromatic amines is 1. The van der Waals surface area contributed by atoms with Gasteiger partial charge in [-0.25, -0.2) is 4.98 Å². The molecule has 0 aliphatic heterocycles. The third kappa shape index (κ3) is 5.66. The lowest BCUT2D eigenvalue weighted by Gasteiger charge is -2.33. The summed E-state index contributed by atoms with van der Waals surface area (Å²) in [6.45, 7) is 8.38. The maximum Gasteiger partial charge on any atom is 0.257 e. The van der Waals surface area contributed by atoms with Gasteiger partial charge in [0.25, 0.3) is 11.8 Å². The summed E-state index contributed by atoms with van der Waals surface area (Å²) in [6.07, 6.45) is 1.10. The standard InChI is InChI=1S/C21H23Cl3N6O3/c1-10-14(8-33-30-10)18(31)27-20(4,9-21(5,23)24)19(32)26-15-7-6-13(17(22)25-15)16-11(2)28-29-12(16)3/h6-8H,9H2,1-5H3,(H,27,31)(H,28,29)(H,25,26,32)/t20-/m0/s1. The zero-order chi connectivity index (χ0) is 24.6. The second-order valence-electron chi connectivity index (χ2n) is 8.14. The lowest BCUT2D eigenvalue weighted by atomic mass is 9.93. The molecule has 0 saturated carbocycles. The van der Waals surface area contributed by atoms with Crippen molar-refractivity contribution in [2.24, 2.45) is 0 Å². The Kier molecular flexibility index (Phi) is 7.07. The van der Waals surface area contributed by atoms with Crippen molar-refractivity contribution in [1.29, 1.82) is 0 Å². The quantitative estimate of drug-likeness (QED) is 0.309. The van der Waals surface area contributed by atoms with Crippen molar-refractivity contribution in [3.8, 4) is 11.1 Å². The smallest absolute Gasteiger partial charge is 0.257 e. The third-order valence-corrected chi connectivity index (χ3v) is 5.59. The average molecular weight is 514 g/mol. The number of anilines is 1. The normalized spacial score (nSPS) is 13.5. The molecule has 0 aliphatic rings. The molecule has 3 rings (SSSR count). The van der Waals surface area contributed by atoms with Gasteiger partial charge in [-0.15, -0.1) is 23.2 Å². The first-order valence-electron chi connectivity index (χ1n) is 9.92. The number of halogens is 3. The Bertz CT molecular complexity index is 1180. The number of nitrogens with zero attached hydrogens (tertiary/aromatic N) is 3. The number of H-pyrrole nitrogens is 1. The number of nitrogens with one attached hydrogen (secondary N) is 3. The number of aromatic nitrogens is 4. The number of hydrogen-bond donors (Lipinski definition) is 3. The van der Waals surface area contributed by atoms with Crippen LogP contribution in [-0.4, -0.2) is 42.0 Å². The van der Waals surface area contributed by atoms with Crippen molar-refractivity contribution in [2.75, 3.05) is 5.32 Å². The highest BCUT2D eigenvalue weighted by molar-refractivity contribution is 6.48. The zero-order valence-corrected chi connectivity index (χ0v) is 20.9. The molecular formula is C21H23Cl3N6O3.